The SMILES string of the molecule is NCCO[C@@H]1O[C@@H](C(=O)O)[C@@H](O[C@H]2O[C@H](COS(=O)(=O)O)[C@@H](O[C@@H]3O[C@@H](C(=O)O)[C@@H](O[C@H]4O[C@H](COS(=O)(=O)O)[C@@H](O[C@@H]5O[C@@H](C(=O)O)[C@@H](O[C@H]6O[C@H](COS(=O)(=O)O)[C@@H](OS(=O)(=O)O)[C@H](O)[C@H]6NS(=O)(=O)O)[C@H](O)[C@H]5OS(=O)(=O)O)[C@H](O)[C@H]4NS(=O)(=O)O)[C@H](O)[C@H]3OS(=O)(=O)O)[C@H](O)[C@H]2NS(=O)(=O)O)[C@H](O)[C@H]1OS(=O)(=O)O. The summed E-state index contributed by atoms with van der Waals surface area (Å²) in [6, 6.07) is -9.20. The summed E-state index contributed by atoms with van der Waals surface area (Å²) in [7, 11) is -60.1. The molecule has 0 aromatic rings. The van der Waals surface area contributed by atoms with Crippen molar-refractivity contribution >= 4 is 122 Å². The van der Waals surface area contributed by atoms with Crippen molar-refractivity contribution in [3.05, 3.63) is 0 Å². The van der Waals surface area contributed by atoms with Crippen molar-refractivity contribution in [2.24, 2.45) is 5.73 Å². The molecule has 75 heteroatoms. The summed E-state index contributed by atoms with van der Waals surface area (Å²) in [6.45, 7) is -7.00. The summed E-state index contributed by atoms with van der Waals surface area (Å²) in [5.74, 6) is -7.48. The zero-order valence-corrected chi connectivity index (χ0v) is 62.3. The minimum absolute atomic E-state index is 0.475. The summed E-state index contributed by atoms with van der Waals surface area (Å²) in [6.07, 6.45) is -83.8. The Bertz CT molecular complexity index is 4540. The zero-order chi connectivity index (χ0) is 86.1. The molecule has 0 aliphatic carbocycles. The molecular formula is C38H64N4O61S10. The van der Waals surface area contributed by atoms with Crippen LogP contribution >= 0.6 is 0 Å². The van der Waals surface area contributed by atoms with Crippen LogP contribution in [0.2, 0.25) is 0 Å². The summed E-state index contributed by atoms with van der Waals surface area (Å²) in [4.78, 5) is 38.9. The molecule has 0 spiro atoms. The normalized spacial score (nSPS) is 37.8. The molecule has 6 rings (SSSR count). The molecule has 6 saturated heterocycles. The zero-order valence-electron chi connectivity index (χ0n) is 54.2. The van der Waals surface area contributed by atoms with Crippen LogP contribution in [0.25, 0.3) is 0 Å². The van der Waals surface area contributed by atoms with E-state index in [4.69, 9.17) is 62.6 Å². The van der Waals surface area contributed by atoms with Crippen molar-refractivity contribution in [3.8, 4) is 0 Å². The third-order valence-electron chi connectivity index (χ3n) is 15.1. The second kappa shape index (κ2) is 37.6. The number of nitrogens with one attached hydrogen (secondary N) is 3. The van der Waals surface area contributed by atoms with E-state index in [1.807, 2.05) is 0 Å². The molecule has 30 atom stereocenters. The molecule has 0 radical (unpaired) electrons. The quantitative estimate of drug-likeness (QED) is 0.0254. The maximum absolute atomic E-state index is 13.3. The lowest BCUT2D eigenvalue weighted by atomic mass is 9.94. The molecule has 24 N–H and O–H groups in total. The lowest BCUT2D eigenvalue weighted by molar-refractivity contribution is -0.375. The fraction of sp³-hybridized carbons (Fsp3) is 0.921. The third kappa shape index (κ3) is 29.1. The van der Waals surface area contributed by atoms with Crippen LogP contribution in [0, 0.1) is 0 Å². The first-order chi connectivity index (χ1) is 51.1. The predicted molar refractivity (Wildman–Crippen MR) is 324 cm³/mol. The van der Waals surface area contributed by atoms with Gasteiger partial charge in [0, 0.05) is 6.54 Å². The number of carbonyl (C=O) groups is 3. The Labute approximate surface area is 631 Å². The number of carboxylic acid groups (broad SMARTS) is 3. The monoisotopic (exact) mass is 1870 g/mol. The number of aliphatic carboxylic acids is 3. The molecule has 0 unspecified atom stereocenters. The highest BCUT2D eigenvalue weighted by Gasteiger charge is 2.63. The number of carboxylic acids is 3. The molecule has 6 aliphatic rings. The first-order valence-corrected chi connectivity index (χ1v) is 43.0. The van der Waals surface area contributed by atoms with Crippen molar-refractivity contribution in [2.75, 3.05) is 33.0 Å². The van der Waals surface area contributed by atoms with Crippen LogP contribution in [0.4, 0.5) is 0 Å². The second-order valence-electron chi connectivity index (χ2n) is 23.0. The fourth-order valence-corrected chi connectivity index (χ4v) is 15.7. The smallest absolute Gasteiger partial charge is 0.397 e. The highest BCUT2D eigenvalue weighted by atomic mass is 32.3. The van der Waals surface area contributed by atoms with E-state index in [1.165, 1.54) is 4.72 Å². The fourth-order valence-electron chi connectivity index (χ4n) is 11.0. The van der Waals surface area contributed by atoms with Crippen LogP contribution in [0.15, 0.2) is 0 Å². The number of aliphatic hydroxyl groups excluding tert-OH is 6. The molecule has 0 aromatic heterocycles. The van der Waals surface area contributed by atoms with E-state index < -0.39 is 339 Å². The molecule has 65 nitrogen and oxygen atoms in total. The van der Waals surface area contributed by atoms with E-state index in [0.717, 1.165) is 9.44 Å². The van der Waals surface area contributed by atoms with Gasteiger partial charge in [0.2, 0.25) is 0 Å². The van der Waals surface area contributed by atoms with Crippen molar-refractivity contribution < 1.29 is 276 Å². The molecule has 6 heterocycles. The van der Waals surface area contributed by atoms with Crippen molar-refractivity contribution in [1.82, 2.24) is 14.2 Å². The van der Waals surface area contributed by atoms with Crippen LogP contribution in [-0.2, 0) is 204 Å². The topological polar surface area (TPSA) is 1010 Å². The van der Waals surface area contributed by atoms with E-state index in [9.17, 15) is 190 Å². The number of hydrogen-bond acceptors (Lipinski definition) is 49. The van der Waals surface area contributed by atoms with E-state index in [1.54, 1.807) is 0 Å². The Balaban J connectivity index is 1.42. The van der Waals surface area contributed by atoms with Gasteiger partial charge in [0.15, 0.2) is 74.4 Å². The summed E-state index contributed by atoms with van der Waals surface area (Å²) in [5.41, 5.74) is 5.34. The number of aliphatic hydroxyl groups is 6. The number of hydrogen-bond donors (Lipinski definition) is 23. The first-order valence-electron chi connectivity index (χ1n) is 29.2. The van der Waals surface area contributed by atoms with Gasteiger partial charge in [-0.25, -0.2) is 43.7 Å². The molecule has 0 bridgehead atoms. The molecule has 0 amide bonds. The van der Waals surface area contributed by atoms with Gasteiger partial charge in [-0.3, -0.25) is 45.5 Å². The Morgan fingerprint density at radius 1 is 0.301 bits per heavy atom. The van der Waals surface area contributed by atoms with Gasteiger partial charge in [0.25, 0.3) is 0 Å². The summed E-state index contributed by atoms with van der Waals surface area (Å²) in [5, 5.41) is 101. The molecule has 113 heavy (non-hydrogen) atoms. The first kappa shape index (κ1) is 98.2. The summed E-state index contributed by atoms with van der Waals surface area (Å²) < 4.78 is 437. The van der Waals surface area contributed by atoms with E-state index in [2.05, 4.69) is 29.3 Å². The molecule has 0 aromatic carbocycles. The molecular weight excluding hydrogens is 1810 g/mol. The van der Waals surface area contributed by atoms with Gasteiger partial charge in [-0.15, -0.1) is 0 Å². The van der Waals surface area contributed by atoms with Gasteiger partial charge in [-0.2, -0.15) is 98.3 Å². The van der Waals surface area contributed by atoms with Crippen LogP contribution in [-0.4, -0.2) is 411 Å². The molecule has 0 saturated carbocycles. The minimum atomic E-state index is -6.37. The van der Waals surface area contributed by atoms with E-state index in [0.29, 0.717) is 0 Å². The maximum atomic E-state index is 13.3. The average molecular weight is 1870 g/mol. The predicted octanol–water partition coefficient (Wildman–Crippen LogP) is -16.9. The van der Waals surface area contributed by atoms with Crippen molar-refractivity contribution in [1.29, 1.82) is 0 Å². The Kier molecular flexibility index (Phi) is 32.6. The minimum Gasteiger partial charge on any atom is -0.479 e. The molecule has 6 fully saturated rings. The lowest BCUT2D eigenvalue weighted by Gasteiger charge is -2.50. The van der Waals surface area contributed by atoms with Crippen molar-refractivity contribution in [3.63, 3.8) is 0 Å². The van der Waals surface area contributed by atoms with Gasteiger partial charge in [0.1, 0.15) is 110 Å². The van der Waals surface area contributed by atoms with Crippen LogP contribution in [0.1, 0.15) is 0 Å². The standard InChI is InChI=1S/C38H64N4O61S10/c39-1-2-85-36-24(101-111(76,77)78)15(46)21(27(97-36)30(49)50)94-33-9(40-104(55,56)57)12(43)18(6(89-33)3-86-107(64,65)66)92-37-25(102-112(79,80)81)16(47)22(28(98-37)31(51)52)95-34-10(41-105(58,59)60)13(44)19(7(90-34)4-87-108(67,68)69)93-38-26(103-113(82,83)84)17(48)23(29(99-38)32(53)54)96-35-11(42-106(61,62)63)14(45)20(100-110(73,74)75)8(91-35)5-88-109(70,71)72/h6-29,33-38,40-48H,1-5,39H2,(H,49,50)(H,51,52)(H,53,54)(H,55,56,57)(H,58,59,60)(H,61,62,63)(H,64,65,66)(H,67,68,69)(H,70,71,72)(H,73,74,75)(H,76,77,78)(H,79,80,81)(H,82,83,84)/t6-,7-,8-,9-,10-,11-,12-,13-,14-,15+,16+,17+,18-,19-,20-,21+,22+,23+,24-,25-,26-,27-,28-,29-,33-,34-,35-,36-,37-,38-/m1/s1. The third-order valence-corrected chi connectivity index (χ3v) is 20.0. The van der Waals surface area contributed by atoms with Gasteiger partial charge in [-0.05, 0) is 0 Å². The Morgan fingerprint density at radius 2 is 0.531 bits per heavy atom. The van der Waals surface area contributed by atoms with Crippen LogP contribution < -0.4 is 19.9 Å². The number of nitrogens with two attached hydrogens (primary N) is 1. The van der Waals surface area contributed by atoms with Gasteiger partial charge in [0.05, 0.1) is 26.4 Å². The second-order valence-corrected chi connectivity index (χ2v) is 34.0. The molecule has 6 aliphatic heterocycles. The number of rotatable bonds is 39. The summed E-state index contributed by atoms with van der Waals surface area (Å²) >= 11 is 0. The Morgan fingerprint density at radius 3 is 0.770 bits per heavy atom. The van der Waals surface area contributed by atoms with Crippen LogP contribution in [0.3, 0.4) is 0 Å². The van der Waals surface area contributed by atoms with E-state index in [-0.39, 0.29) is 0 Å². The highest BCUT2D eigenvalue weighted by molar-refractivity contribution is 7.84. The lowest BCUT2D eigenvalue weighted by Crippen LogP contribution is -2.71. The van der Waals surface area contributed by atoms with Crippen molar-refractivity contribution in [2.45, 2.75) is 184 Å². The average Bonchev–Trinajstić information content (AvgIpc) is 0.758. The number of ether oxygens (including phenoxy) is 12. The maximum Gasteiger partial charge on any atom is 0.397 e. The van der Waals surface area contributed by atoms with Gasteiger partial charge in [-0.1, -0.05) is 0 Å². The van der Waals surface area contributed by atoms with Crippen LogP contribution in [0.5, 0.6) is 0 Å². The van der Waals surface area contributed by atoms with Gasteiger partial charge < -0.3 is 109 Å². The van der Waals surface area contributed by atoms with E-state index >= 15 is 0 Å². The van der Waals surface area contributed by atoms with Gasteiger partial charge >= 0.3 is 122 Å². The molecule has 662 valence electrons. The Hall–Kier alpha value is -3.65. The largest absolute Gasteiger partial charge is 0.479 e. The highest BCUT2D eigenvalue weighted by Crippen LogP contribution is 2.40.